The van der Waals surface area contributed by atoms with Gasteiger partial charge in [0.05, 0.1) is 6.04 Å². The minimum absolute atomic E-state index is 0. The van der Waals surface area contributed by atoms with Crippen molar-refractivity contribution in [1.82, 2.24) is 4.90 Å². The molecular formula is C33H52FmN3-. The molecule has 0 amide bonds. The number of aliphatic imine (C=N–C) groups is 1. The molecule has 0 bridgehead atoms. The summed E-state index contributed by atoms with van der Waals surface area (Å²) in [6.07, 6.45) is 10.1. The van der Waals surface area contributed by atoms with Crippen molar-refractivity contribution < 1.29 is 0 Å². The standard InChI is InChI=1S/C18H21N2.C10H19N.C3H8.C2H4.Fm/c1-15-8-10-17(11-9-15)20-13-12-19(2)18(14-20)16-6-4-3-5-7-16;1-4-6-8-10(7-5-2)9-11-3;1-3-2;1-2;/h3-8,10-11,18H,12-14H2,1-2H3;4,9-10H,1,5-8H2,2-3H3;3H2,1-2H3;1-2H2;/q-1;;;;. The van der Waals surface area contributed by atoms with Crippen LogP contribution in [0.15, 0.2) is 79.3 Å². The van der Waals surface area contributed by atoms with Crippen molar-refractivity contribution >= 4 is 11.9 Å². The largest absolute Gasteiger partial charge is 0.420 e. The molecule has 1 saturated heterocycles. The zero-order valence-corrected chi connectivity index (χ0v) is 26.7. The van der Waals surface area contributed by atoms with E-state index in [1.165, 1.54) is 42.5 Å². The molecule has 1 heterocycles. The summed E-state index contributed by atoms with van der Waals surface area (Å²) in [6, 6.07) is 21.0. The van der Waals surface area contributed by atoms with E-state index in [1.54, 1.807) is 0 Å². The van der Waals surface area contributed by atoms with Gasteiger partial charge in [0, 0.05) is 32.9 Å². The zero-order chi connectivity index (χ0) is 27.2. The number of piperazine rings is 1. The molecular weight excluding hydrogens is 695 g/mol. The Hall–Kier alpha value is -3.65. The molecule has 0 aromatic heterocycles. The predicted molar refractivity (Wildman–Crippen MR) is 164 cm³/mol. The first-order chi connectivity index (χ1) is 17.5. The van der Waals surface area contributed by atoms with Crippen LogP contribution in [0, 0.1) is 18.9 Å². The minimum Gasteiger partial charge on any atom is -0.420 e. The average molecular weight is 748 g/mol. The quantitative estimate of drug-likeness (QED) is 0.153. The maximum Gasteiger partial charge on any atom is 0.0511 e. The number of benzene rings is 2. The molecule has 0 N–H and O–H groups in total. The van der Waals surface area contributed by atoms with Gasteiger partial charge in [0.2, 0.25) is 0 Å². The van der Waals surface area contributed by atoms with Crippen molar-refractivity contribution in [3.05, 3.63) is 91.5 Å². The van der Waals surface area contributed by atoms with Crippen LogP contribution in [-0.4, -0.2) is 44.8 Å². The Morgan fingerprint density at radius 2 is 1.70 bits per heavy atom. The summed E-state index contributed by atoms with van der Waals surface area (Å²) in [5.74, 6) is 0.669. The van der Waals surface area contributed by atoms with Gasteiger partial charge in [-0.1, -0.05) is 82.6 Å². The van der Waals surface area contributed by atoms with E-state index in [-0.39, 0.29) is 0 Å². The summed E-state index contributed by atoms with van der Waals surface area (Å²) >= 11 is 0. The van der Waals surface area contributed by atoms with E-state index in [4.69, 9.17) is 0 Å². The van der Waals surface area contributed by atoms with Crippen LogP contribution in [0.3, 0.4) is 0 Å². The van der Waals surface area contributed by atoms with E-state index in [0.717, 1.165) is 26.1 Å². The van der Waals surface area contributed by atoms with Crippen molar-refractivity contribution in [2.75, 3.05) is 38.6 Å². The summed E-state index contributed by atoms with van der Waals surface area (Å²) in [6.45, 7) is 21.5. The van der Waals surface area contributed by atoms with Gasteiger partial charge >= 0.3 is 0 Å². The van der Waals surface area contributed by atoms with Gasteiger partial charge < -0.3 is 9.89 Å². The summed E-state index contributed by atoms with van der Waals surface area (Å²) < 4.78 is 0. The molecule has 37 heavy (non-hydrogen) atoms. The third kappa shape index (κ3) is 14.5. The topological polar surface area (TPSA) is 18.8 Å². The number of likely N-dealkylation sites (N-methyl/N-ethyl adjacent to an activating group) is 1. The first-order valence-corrected chi connectivity index (χ1v) is 13.5. The Balaban J connectivity index is 0. The summed E-state index contributed by atoms with van der Waals surface area (Å²) in [5.41, 5.74) is 3.88. The molecule has 3 rings (SSSR count). The van der Waals surface area contributed by atoms with E-state index in [0.29, 0.717) is 12.0 Å². The first-order valence-electron chi connectivity index (χ1n) is 13.5. The first kappa shape index (κ1) is 35.5. The summed E-state index contributed by atoms with van der Waals surface area (Å²) in [5, 5.41) is 0. The van der Waals surface area contributed by atoms with Crippen LogP contribution in [-0.2, 0) is 0 Å². The molecule has 2 aromatic rings. The van der Waals surface area contributed by atoms with Crippen LogP contribution in [0.4, 0.5) is 5.69 Å². The second kappa shape index (κ2) is 22.8. The van der Waals surface area contributed by atoms with E-state index in [9.17, 15) is 0 Å². The van der Waals surface area contributed by atoms with E-state index >= 15 is 0 Å². The van der Waals surface area contributed by atoms with Crippen molar-refractivity contribution in [2.45, 2.75) is 65.8 Å². The molecule has 4 heteroatoms. The molecule has 0 saturated carbocycles. The molecule has 1 aliphatic rings. The fraction of sp³-hybridized carbons (Fsp3) is 0.485. The molecule has 0 spiro atoms. The number of aryl methyl sites for hydroxylation is 1. The number of nitrogens with zero attached hydrogens (tertiary/aromatic N) is 3. The molecule has 2 aromatic carbocycles. The number of rotatable bonds is 8. The maximum absolute atomic E-state index is 4.05. The van der Waals surface area contributed by atoms with Gasteiger partial charge in [-0.3, -0.25) is 4.90 Å². The Labute approximate surface area is 223 Å². The van der Waals surface area contributed by atoms with Crippen LogP contribution >= 0.6 is 0 Å². The molecule has 2 unspecified atom stereocenters. The fourth-order valence-corrected chi connectivity index (χ4v) is 4.04. The van der Waals surface area contributed by atoms with Gasteiger partial charge in [-0.25, -0.2) is 0 Å². The molecule has 212 valence electrons. The van der Waals surface area contributed by atoms with Crippen LogP contribution in [0.1, 0.15) is 70.0 Å². The van der Waals surface area contributed by atoms with Crippen LogP contribution in [0.2, 0.25) is 0 Å². The molecule has 0 radical (unpaired) electrons. The molecule has 1 aliphatic heterocycles. The molecule has 3 nitrogen and oxygen atoms in total. The van der Waals surface area contributed by atoms with Gasteiger partial charge in [0.1, 0.15) is 0 Å². The van der Waals surface area contributed by atoms with Crippen molar-refractivity contribution in [3.63, 3.8) is 0 Å². The Kier molecular flexibility index (Phi) is 21.9. The SMILES string of the molecule is C=C.C=CCCC(C=NC)CCC.CCC.Cc1[c-]cc(N2CCN(C)C(c3ccccc3)C2)cc1.[Fm]. The normalized spacial score (nSPS) is 15.5. The monoisotopic (exact) mass is 748 g/mol. The second-order valence-electron chi connectivity index (χ2n) is 9.11. The van der Waals surface area contributed by atoms with Crippen molar-refractivity contribution in [3.8, 4) is 0 Å². The zero-order valence-electron chi connectivity index (χ0n) is 24.3. The van der Waals surface area contributed by atoms with Crippen molar-refractivity contribution in [1.29, 1.82) is 0 Å². The summed E-state index contributed by atoms with van der Waals surface area (Å²) in [4.78, 5) is 8.96. The third-order valence-corrected chi connectivity index (χ3v) is 5.91. The third-order valence-electron chi connectivity index (χ3n) is 5.91. The Morgan fingerprint density at radius 3 is 2.22 bits per heavy atom. The molecule has 2 atom stereocenters. The van der Waals surface area contributed by atoms with Crippen LogP contribution in [0.25, 0.3) is 0 Å². The smallest absolute Gasteiger partial charge is 0.0511 e. The Morgan fingerprint density at radius 1 is 1.05 bits per heavy atom. The van der Waals surface area contributed by atoms with Gasteiger partial charge in [0.15, 0.2) is 0 Å². The van der Waals surface area contributed by atoms with Crippen molar-refractivity contribution in [2.24, 2.45) is 10.9 Å². The van der Waals surface area contributed by atoms with Gasteiger partial charge in [-0.05, 0) is 37.8 Å². The van der Waals surface area contributed by atoms with Crippen LogP contribution < -0.4 is 4.90 Å². The Bertz CT molecular complexity index is 804. The van der Waals surface area contributed by atoms with Gasteiger partial charge in [0.25, 0.3) is 0 Å². The minimum atomic E-state index is 0. The van der Waals surface area contributed by atoms with Gasteiger partial charge in [-0.15, -0.1) is 25.8 Å². The number of allylic oxidation sites excluding steroid dienone is 1. The predicted octanol–water partition coefficient (Wildman–Crippen LogP) is 8.58. The fourth-order valence-electron chi connectivity index (χ4n) is 4.04. The summed E-state index contributed by atoms with van der Waals surface area (Å²) in [7, 11) is 4.06. The van der Waals surface area contributed by atoms with Gasteiger partial charge in [-0.2, -0.15) is 23.8 Å². The number of hydrogen-bond acceptors (Lipinski definition) is 3. The number of anilines is 1. The van der Waals surface area contributed by atoms with E-state index in [1.807, 2.05) is 13.1 Å². The van der Waals surface area contributed by atoms with E-state index in [2.05, 4.69) is 130 Å². The second-order valence-corrected chi connectivity index (χ2v) is 9.11. The van der Waals surface area contributed by atoms with E-state index < -0.39 is 0 Å². The molecule has 0 aliphatic carbocycles. The van der Waals surface area contributed by atoms with Crippen LogP contribution in [0.5, 0.6) is 0 Å². The average Bonchev–Trinajstić information content (AvgIpc) is 2.91. The molecule has 1 fully saturated rings. The number of hydrogen-bond donors (Lipinski definition) is 0. The maximum atomic E-state index is 4.05.